The highest BCUT2D eigenvalue weighted by Crippen LogP contribution is 2.42. The Balaban J connectivity index is 1.88. The second-order valence-corrected chi connectivity index (χ2v) is 9.13. The Morgan fingerprint density at radius 1 is 1.09 bits per heavy atom. The summed E-state index contributed by atoms with van der Waals surface area (Å²) in [6, 6.07) is 9.85. The molecule has 0 saturated carbocycles. The second-order valence-electron chi connectivity index (χ2n) is 9.13. The zero-order chi connectivity index (χ0) is 23.9. The SMILES string of the molecule is COc1c(N2CCc3cc([N+](=O)[O-])ccc3C2)cc(-n2c(=O)cc[nH]c2=O)cc1C(C)(C)C. The Labute approximate surface area is 190 Å². The Bertz CT molecular complexity index is 1320. The number of aromatic nitrogens is 2. The van der Waals surface area contributed by atoms with Gasteiger partial charge in [-0.05, 0) is 35.1 Å². The second kappa shape index (κ2) is 8.23. The summed E-state index contributed by atoms with van der Waals surface area (Å²) in [4.78, 5) is 40.5. The van der Waals surface area contributed by atoms with Crippen molar-refractivity contribution < 1.29 is 9.66 Å². The molecule has 1 aliphatic heterocycles. The minimum Gasteiger partial charge on any atom is -0.494 e. The van der Waals surface area contributed by atoms with E-state index in [1.165, 1.54) is 18.3 Å². The van der Waals surface area contributed by atoms with Gasteiger partial charge in [-0.3, -0.25) is 14.9 Å². The van der Waals surface area contributed by atoms with Crippen LogP contribution in [0, 0.1) is 10.1 Å². The Kier molecular flexibility index (Phi) is 5.57. The number of H-pyrrole nitrogens is 1. The van der Waals surface area contributed by atoms with Crippen molar-refractivity contribution in [1.29, 1.82) is 0 Å². The number of non-ortho nitro benzene ring substituents is 1. The van der Waals surface area contributed by atoms with Gasteiger partial charge in [-0.2, -0.15) is 0 Å². The molecule has 0 atom stereocenters. The molecule has 2 heterocycles. The molecule has 0 spiro atoms. The van der Waals surface area contributed by atoms with Gasteiger partial charge in [-0.1, -0.05) is 26.8 Å². The van der Waals surface area contributed by atoms with E-state index in [4.69, 9.17) is 4.74 Å². The highest BCUT2D eigenvalue weighted by atomic mass is 16.6. The fraction of sp³-hybridized carbons (Fsp3) is 0.333. The van der Waals surface area contributed by atoms with Crippen LogP contribution in [-0.2, 0) is 18.4 Å². The summed E-state index contributed by atoms with van der Waals surface area (Å²) < 4.78 is 6.95. The van der Waals surface area contributed by atoms with Gasteiger partial charge in [-0.15, -0.1) is 0 Å². The summed E-state index contributed by atoms with van der Waals surface area (Å²) in [7, 11) is 1.61. The van der Waals surface area contributed by atoms with Crippen LogP contribution in [-0.4, -0.2) is 28.1 Å². The molecule has 0 aliphatic carbocycles. The number of ether oxygens (including phenoxy) is 1. The number of nitrogens with one attached hydrogen (secondary N) is 1. The summed E-state index contributed by atoms with van der Waals surface area (Å²) in [5.41, 5.74) is 2.84. The molecule has 0 unspecified atom stereocenters. The van der Waals surface area contributed by atoms with Crippen molar-refractivity contribution >= 4 is 11.4 Å². The van der Waals surface area contributed by atoms with Gasteiger partial charge in [-0.25, -0.2) is 9.36 Å². The molecule has 9 heteroatoms. The lowest BCUT2D eigenvalue weighted by atomic mass is 9.85. The third-order valence-electron chi connectivity index (χ3n) is 5.93. The van der Waals surface area contributed by atoms with Gasteiger partial charge in [0, 0.05) is 43.0 Å². The molecule has 0 saturated heterocycles. The third-order valence-corrected chi connectivity index (χ3v) is 5.93. The fourth-order valence-electron chi connectivity index (χ4n) is 4.26. The standard InChI is InChI=1S/C24H26N4O5/c1-24(2,3)19-12-18(27-21(29)7-9-25-23(27)30)13-20(22(19)33-4)26-10-8-15-11-17(28(31)32)6-5-16(15)14-26/h5-7,9,11-13H,8,10,14H2,1-4H3,(H,25,30). The summed E-state index contributed by atoms with van der Waals surface area (Å²) in [5, 5.41) is 11.1. The van der Waals surface area contributed by atoms with E-state index < -0.39 is 11.2 Å². The van der Waals surface area contributed by atoms with E-state index in [-0.39, 0.29) is 16.0 Å². The summed E-state index contributed by atoms with van der Waals surface area (Å²) in [6.45, 7) is 7.26. The van der Waals surface area contributed by atoms with Crippen LogP contribution < -0.4 is 20.9 Å². The van der Waals surface area contributed by atoms with Gasteiger partial charge >= 0.3 is 5.69 Å². The van der Waals surface area contributed by atoms with Gasteiger partial charge in [0.15, 0.2) is 0 Å². The van der Waals surface area contributed by atoms with E-state index in [1.54, 1.807) is 25.3 Å². The summed E-state index contributed by atoms with van der Waals surface area (Å²) in [6.07, 6.45) is 1.96. The maximum absolute atomic E-state index is 12.5. The molecule has 0 bridgehead atoms. The number of nitro benzene ring substituents is 1. The molecule has 172 valence electrons. The largest absolute Gasteiger partial charge is 0.494 e. The fourth-order valence-corrected chi connectivity index (χ4v) is 4.26. The number of anilines is 1. The molecule has 2 aromatic carbocycles. The first-order valence-corrected chi connectivity index (χ1v) is 10.6. The van der Waals surface area contributed by atoms with E-state index in [0.717, 1.165) is 26.9 Å². The quantitative estimate of drug-likeness (QED) is 0.482. The highest BCUT2D eigenvalue weighted by molar-refractivity contribution is 5.69. The smallest absolute Gasteiger partial charge is 0.332 e. The van der Waals surface area contributed by atoms with Crippen LogP contribution in [0.3, 0.4) is 0 Å². The molecular weight excluding hydrogens is 424 g/mol. The first-order chi connectivity index (χ1) is 15.6. The molecule has 0 fully saturated rings. The molecule has 1 N–H and O–H groups in total. The lowest BCUT2D eigenvalue weighted by molar-refractivity contribution is -0.384. The molecular formula is C24H26N4O5. The van der Waals surface area contributed by atoms with Crippen LogP contribution in [0.5, 0.6) is 5.75 Å². The molecule has 9 nitrogen and oxygen atoms in total. The molecule has 33 heavy (non-hydrogen) atoms. The monoisotopic (exact) mass is 450 g/mol. The molecule has 1 aromatic heterocycles. The van der Waals surface area contributed by atoms with E-state index in [9.17, 15) is 19.7 Å². The number of aromatic amines is 1. The molecule has 4 rings (SSSR count). The average Bonchev–Trinajstić information content (AvgIpc) is 2.77. The number of hydrogen-bond donors (Lipinski definition) is 1. The summed E-state index contributed by atoms with van der Waals surface area (Å²) >= 11 is 0. The normalized spacial score (nSPS) is 13.5. The van der Waals surface area contributed by atoms with Gasteiger partial charge in [0.1, 0.15) is 5.75 Å². The lowest BCUT2D eigenvalue weighted by Crippen LogP contribution is -2.34. The third kappa shape index (κ3) is 4.13. The minimum absolute atomic E-state index is 0.0828. The molecule has 1 aliphatic rings. The van der Waals surface area contributed by atoms with Gasteiger partial charge < -0.3 is 14.6 Å². The Morgan fingerprint density at radius 3 is 2.48 bits per heavy atom. The first-order valence-electron chi connectivity index (χ1n) is 10.6. The van der Waals surface area contributed by atoms with Crippen molar-refractivity contribution in [2.45, 2.75) is 39.2 Å². The van der Waals surface area contributed by atoms with Crippen molar-refractivity contribution in [2.75, 3.05) is 18.6 Å². The van der Waals surface area contributed by atoms with E-state index in [1.807, 2.05) is 26.8 Å². The van der Waals surface area contributed by atoms with Crippen LogP contribution in [0.25, 0.3) is 5.69 Å². The molecule has 0 amide bonds. The lowest BCUT2D eigenvalue weighted by Gasteiger charge is -2.34. The number of fused-ring (bicyclic) bond motifs is 1. The van der Waals surface area contributed by atoms with Crippen molar-refractivity contribution in [2.24, 2.45) is 0 Å². The van der Waals surface area contributed by atoms with Crippen molar-refractivity contribution in [3.05, 3.63) is 90.2 Å². The van der Waals surface area contributed by atoms with Crippen LogP contribution in [0.15, 0.2) is 52.2 Å². The number of rotatable bonds is 4. The number of nitro groups is 1. The van der Waals surface area contributed by atoms with Crippen LogP contribution in [0.4, 0.5) is 11.4 Å². The predicted molar refractivity (Wildman–Crippen MR) is 126 cm³/mol. The topological polar surface area (TPSA) is 110 Å². The van der Waals surface area contributed by atoms with Crippen LogP contribution >= 0.6 is 0 Å². The highest BCUT2D eigenvalue weighted by Gasteiger charge is 2.28. The van der Waals surface area contributed by atoms with Gasteiger partial charge in [0.2, 0.25) is 0 Å². The molecule has 3 aromatic rings. The first kappa shape index (κ1) is 22.3. The predicted octanol–water partition coefficient (Wildman–Crippen LogP) is 3.30. The zero-order valence-corrected chi connectivity index (χ0v) is 19.0. The number of hydrogen-bond acceptors (Lipinski definition) is 6. The Morgan fingerprint density at radius 2 is 1.85 bits per heavy atom. The zero-order valence-electron chi connectivity index (χ0n) is 19.0. The minimum atomic E-state index is -0.519. The number of nitrogens with zero attached hydrogens (tertiary/aromatic N) is 3. The maximum atomic E-state index is 12.5. The van der Waals surface area contributed by atoms with Crippen LogP contribution in [0.2, 0.25) is 0 Å². The van der Waals surface area contributed by atoms with Crippen LogP contribution in [0.1, 0.15) is 37.5 Å². The van der Waals surface area contributed by atoms with Gasteiger partial charge in [0.05, 0.1) is 23.4 Å². The van der Waals surface area contributed by atoms with Crippen molar-refractivity contribution in [3.63, 3.8) is 0 Å². The Hall–Kier alpha value is -3.88. The van der Waals surface area contributed by atoms with E-state index in [2.05, 4.69) is 9.88 Å². The van der Waals surface area contributed by atoms with E-state index in [0.29, 0.717) is 30.9 Å². The van der Waals surface area contributed by atoms with E-state index >= 15 is 0 Å². The molecule has 0 radical (unpaired) electrons. The van der Waals surface area contributed by atoms with Gasteiger partial charge in [0.25, 0.3) is 11.2 Å². The van der Waals surface area contributed by atoms with Crippen molar-refractivity contribution in [1.82, 2.24) is 9.55 Å². The average molecular weight is 450 g/mol. The van der Waals surface area contributed by atoms with Crippen molar-refractivity contribution in [3.8, 4) is 11.4 Å². The number of methoxy groups -OCH3 is 1. The number of benzene rings is 2. The summed E-state index contributed by atoms with van der Waals surface area (Å²) in [5.74, 6) is 0.678. The maximum Gasteiger partial charge on any atom is 0.332 e.